The standard InChI is InChI=1S/C30H28F8O/c1-3-4-7-17-10-12-18(13-11-17)24-28(35)26(33)16(2)27(34)29(24)39-23-9-6-5-8-20(23)19-14-21(31)25(22(32)15-19)30(36,37)38/h5-6,8-9,14-15,17-18H,3-4,7,10-13H2,1-2H3/t17-,18-. The summed E-state index contributed by atoms with van der Waals surface area (Å²) in [7, 11) is 0. The first-order valence-corrected chi connectivity index (χ1v) is 12.9. The van der Waals surface area contributed by atoms with Gasteiger partial charge in [0.15, 0.2) is 23.2 Å². The molecule has 0 radical (unpaired) electrons. The number of hydrogen-bond donors (Lipinski definition) is 0. The molecule has 9 heteroatoms. The second-order valence-corrected chi connectivity index (χ2v) is 10.1. The topological polar surface area (TPSA) is 9.23 Å². The molecule has 39 heavy (non-hydrogen) atoms. The fourth-order valence-corrected chi connectivity index (χ4v) is 5.37. The van der Waals surface area contributed by atoms with Crippen LogP contribution >= 0.6 is 0 Å². The van der Waals surface area contributed by atoms with Crippen LogP contribution in [0.1, 0.15) is 74.5 Å². The van der Waals surface area contributed by atoms with Gasteiger partial charge < -0.3 is 4.74 Å². The number of halogens is 8. The van der Waals surface area contributed by atoms with Crippen LogP contribution in [0.4, 0.5) is 35.1 Å². The van der Waals surface area contributed by atoms with Crippen molar-refractivity contribution < 1.29 is 39.9 Å². The zero-order chi connectivity index (χ0) is 28.5. The van der Waals surface area contributed by atoms with E-state index in [0.29, 0.717) is 30.9 Å². The molecule has 4 rings (SSSR count). The van der Waals surface area contributed by atoms with Crippen molar-refractivity contribution in [3.63, 3.8) is 0 Å². The molecule has 0 atom stereocenters. The Hall–Kier alpha value is -3.10. The summed E-state index contributed by atoms with van der Waals surface area (Å²) < 4.78 is 119. The average Bonchev–Trinajstić information content (AvgIpc) is 2.89. The summed E-state index contributed by atoms with van der Waals surface area (Å²) >= 11 is 0. The van der Waals surface area contributed by atoms with Crippen molar-refractivity contribution in [2.45, 2.75) is 70.9 Å². The number of rotatable bonds is 7. The Morgan fingerprint density at radius 3 is 2.05 bits per heavy atom. The van der Waals surface area contributed by atoms with Crippen molar-refractivity contribution in [3.8, 4) is 22.6 Å². The van der Waals surface area contributed by atoms with Gasteiger partial charge in [0.1, 0.15) is 22.9 Å². The lowest BCUT2D eigenvalue weighted by molar-refractivity contribution is -0.142. The van der Waals surface area contributed by atoms with E-state index in [9.17, 15) is 26.3 Å². The van der Waals surface area contributed by atoms with E-state index in [0.717, 1.165) is 39.0 Å². The molecular weight excluding hydrogens is 528 g/mol. The minimum absolute atomic E-state index is 0.0555. The largest absolute Gasteiger partial charge is 0.453 e. The Labute approximate surface area is 221 Å². The van der Waals surface area contributed by atoms with Crippen LogP contribution in [0.3, 0.4) is 0 Å². The molecule has 1 nitrogen and oxygen atoms in total. The highest BCUT2D eigenvalue weighted by molar-refractivity contribution is 5.71. The fourth-order valence-electron chi connectivity index (χ4n) is 5.37. The maximum Gasteiger partial charge on any atom is 0.422 e. The SMILES string of the molecule is CCCC[C@H]1CC[C@H](c2c(F)c(F)c(C)c(F)c2Oc2ccccc2-c2cc(F)c(C(F)(F)F)c(F)c2)CC1. The lowest BCUT2D eigenvalue weighted by atomic mass is 9.76. The molecule has 3 aromatic carbocycles. The Kier molecular flexibility index (Phi) is 8.57. The second kappa shape index (κ2) is 11.6. The van der Waals surface area contributed by atoms with Gasteiger partial charge in [-0.15, -0.1) is 0 Å². The van der Waals surface area contributed by atoms with E-state index in [-0.39, 0.29) is 22.4 Å². The Bertz CT molecular complexity index is 1320. The van der Waals surface area contributed by atoms with E-state index in [1.165, 1.54) is 24.3 Å². The molecule has 1 aliphatic carbocycles. The first kappa shape index (κ1) is 28.9. The van der Waals surface area contributed by atoms with Gasteiger partial charge in [-0.05, 0) is 68.2 Å². The molecule has 0 bridgehead atoms. The molecule has 1 aliphatic rings. The predicted molar refractivity (Wildman–Crippen MR) is 132 cm³/mol. The number of hydrogen-bond acceptors (Lipinski definition) is 1. The van der Waals surface area contributed by atoms with E-state index in [2.05, 4.69) is 6.92 Å². The fraction of sp³-hybridized carbons (Fsp3) is 0.400. The molecule has 0 aromatic heterocycles. The number of unbranched alkanes of at least 4 members (excludes halogenated alkanes) is 1. The maximum absolute atomic E-state index is 15.5. The molecule has 210 valence electrons. The third kappa shape index (κ3) is 5.92. The molecule has 0 aliphatic heterocycles. The van der Waals surface area contributed by atoms with Crippen molar-refractivity contribution in [2.75, 3.05) is 0 Å². The molecule has 0 saturated heterocycles. The molecule has 0 heterocycles. The van der Waals surface area contributed by atoms with Gasteiger partial charge in [-0.3, -0.25) is 0 Å². The van der Waals surface area contributed by atoms with E-state index in [1.807, 2.05) is 0 Å². The number of para-hydroxylation sites is 1. The van der Waals surface area contributed by atoms with Crippen LogP contribution in [0, 0.1) is 41.9 Å². The first-order valence-electron chi connectivity index (χ1n) is 12.9. The summed E-state index contributed by atoms with van der Waals surface area (Å²) in [5, 5.41) is 0. The van der Waals surface area contributed by atoms with Crippen LogP contribution in [0.5, 0.6) is 11.5 Å². The summed E-state index contributed by atoms with van der Waals surface area (Å²) in [5.74, 6) is -8.11. The van der Waals surface area contributed by atoms with E-state index in [1.54, 1.807) is 0 Å². The van der Waals surface area contributed by atoms with Crippen LogP contribution in [-0.2, 0) is 6.18 Å². The summed E-state index contributed by atoms with van der Waals surface area (Å²) in [6, 6.07) is 6.53. The average molecular weight is 557 g/mol. The van der Waals surface area contributed by atoms with Crippen molar-refractivity contribution in [3.05, 3.63) is 82.2 Å². The molecule has 0 unspecified atom stereocenters. The monoisotopic (exact) mass is 556 g/mol. The third-order valence-electron chi connectivity index (χ3n) is 7.49. The van der Waals surface area contributed by atoms with Crippen LogP contribution in [0.2, 0.25) is 0 Å². The number of ether oxygens (including phenoxy) is 1. The predicted octanol–water partition coefficient (Wildman–Crippen LogP) is 10.6. The van der Waals surface area contributed by atoms with Gasteiger partial charge >= 0.3 is 6.18 Å². The summed E-state index contributed by atoms with van der Waals surface area (Å²) in [5.41, 5.74) is -3.23. The maximum atomic E-state index is 15.5. The molecule has 1 saturated carbocycles. The highest BCUT2D eigenvalue weighted by Gasteiger charge is 2.38. The van der Waals surface area contributed by atoms with Gasteiger partial charge in [0, 0.05) is 16.7 Å². The minimum Gasteiger partial charge on any atom is -0.453 e. The molecule has 0 N–H and O–H groups in total. The number of benzene rings is 3. The minimum atomic E-state index is -5.25. The van der Waals surface area contributed by atoms with Crippen molar-refractivity contribution in [1.82, 2.24) is 0 Å². The zero-order valence-electron chi connectivity index (χ0n) is 21.5. The zero-order valence-corrected chi connectivity index (χ0v) is 21.5. The molecule has 0 spiro atoms. The highest BCUT2D eigenvalue weighted by Crippen LogP contribution is 2.47. The van der Waals surface area contributed by atoms with E-state index >= 15 is 8.78 Å². The third-order valence-corrected chi connectivity index (χ3v) is 7.49. The highest BCUT2D eigenvalue weighted by atomic mass is 19.4. The Morgan fingerprint density at radius 2 is 1.46 bits per heavy atom. The summed E-state index contributed by atoms with van der Waals surface area (Å²) in [4.78, 5) is 0. The van der Waals surface area contributed by atoms with E-state index in [4.69, 9.17) is 4.74 Å². The van der Waals surface area contributed by atoms with E-state index < -0.39 is 58.1 Å². The first-order chi connectivity index (χ1) is 18.4. The molecular formula is C30H28F8O. The van der Waals surface area contributed by atoms with Gasteiger partial charge in [0.2, 0.25) is 0 Å². The van der Waals surface area contributed by atoms with Crippen LogP contribution in [0.25, 0.3) is 11.1 Å². The quantitative estimate of drug-likeness (QED) is 0.208. The van der Waals surface area contributed by atoms with Gasteiger partial charge in [-0.2, -0.15) is 13.2 Å². The lowest BCUT2D eigenvalue weighted by Gasteiger charge is -2.30. The Morgan fingerprint density at radius 1 is 0.846 bits per heavy atom. The van der Waals surface area contributed by atoms with Crippen molar-refractivity contribution in [1.29, 1.82) is 0 Å². The smallest absolute Gasteiger partial charge is 0.422 e. The van der Waals surface area contributed by atoms with Gasteiger partial charge in [0.05, 0.1) is 0 Å². The molecule has 1 fully saturated rings. The summed E-state index contributed by atoms with van der Waals surface area (Å²) in [6.45, 7) is 3.16. The van der Waals surface area contributed by atoms with Gasteiger partial charge in [0.25, 0.3) is 0 Å². The molecule has 0 amide bonds. The van der Waals surface area contributed by atoms with Crippen LogP contribution in [0.15, 0.2) is 36.4 Å². The van der Waals surface area contributed by atoms with Crippen molar-refractivity contribution in [2.24, 2.45) is 5.92 Å². The molecule has 3 aromatic rings. The number of alkyl halides is 3. The normalized spacial score (nSPS) is 17.9. The Balaban J connectivity index is 1.76. The van der Waals surface area contributed by atoms with Crippen LogP contribution < -0.4 is 4.74 Å². The van der Waals surface area contributed by atoms with Gasteiger partial charge in [-0.1, -0.05) is 44.4 Å². The van der Waals surface area contributed by atoms with Crippen LogP contribution in [-0.4, -0.2) is 0 Å². The lowest BCUT2D eigenvalue weighted by Crippen LogP contribution is -2.17. The second-order valence-electron chi connectivity index (χ2n) is 10.1. The van der Waals surface area contributed by atoms with Gasteiger partial charge in [-0.25, -0.2) is 22.0 Å². The summed E-state index contributed by atoms with van der Waals surface area (Å²) in [6.07, 6.45) is 0.420. The van der Waals surface area contributed by atoms with Crippen molar-refractivity contribution >= 4 is 0 Å².